The van der Waals surface area contributed by atoms with Crippen molar-refractivity contribution >= 4 is 21.9 Å². The van der Waals surface area contributed by atoms with Gasteiger partial charge in [0.25, 0.3) is 0 Å². The van der Waals surface area contributed by atoms with Crippen LogP contribution in [0.2, 0.25) is 0 Å². The minimum absolute atomic E-state index is 0.235. The number of halogens is 1. The van der Waals surface area contributed by atoms with Crippen molar-refractivity contribution in [3.8, 4) is 11.3 Å². The maximum atomic E-state index is 13.9. The lowest BCUT2D eigenvalue weighted by Gasteiger charge is -2.06. The highest BCUT2D eigenvalue weighted by Gasteiger charge is 2.21. The van der Waals surface area contributed by atoms with Crippen molar-refractivity contribution < 1.29 is 13.4 Å². The minimum atomic E-state index is -0.235. The standard InChI is InChI=1S/C21H19FNO/c1-12-9-10-23(4)18(11-12)19-13(2)5-6-16-15-7-8-17(22)14(3)20(15)24-21(16)19/h5-11H,1-4H3/q+1. The highest BCUT2D eigenvalue weighted by molar-refractivity contribution is 6.10. The monoisotopic (exact) mass is 320 g/mol. The van der Waals surface area contributed by atoms with E-state index < -0.39 is 0 Å². The summed E-state index contributed by atoms with van der Waals surface area (Å²) in [7, 11) is 2.03. The summed E-state index contributed by atoms with van der Waals surface area (Å²) in [6, 6.07) is 11.7. The molecule has 2 aromatic heterocycles. The van der Waals surface area contributed by atoms with Gasteiger partial charge in [-0.15, -0.1) is 0 Å². The molecule has 0 saturated carbocycles. The fourth-order valence-electron chi connectivity index (χ4n) is 3.35. The van der Waals surface area contributed by atoms with E-state index in [0.29, 0.717) is 11.1 Å². The number of aryl methyl sites for hydroxylation is 4. The zero-order valence-corrected chi connectivity index (χ0v) is 14.3. The minimum Gasteiger partial charge on any atom is -0.455 e. The average Bonchev–Trinajstić information content (AvgIpc) is 2.93. The largest absolute Gasteiger partial charge is 0.455 e. The number of furan rings is 1. The van der Waals surface area contributed by atoms with E-state index >= 15 is 0 Å². The molecule has 0 amide bonds. The molecule has 0 unspecified atom stereocenters. The van der Waals surface area contributed by atoms with E-state index in [0.717, 1.165) is 33.2 Å². The molecule has 0 N–H and O–H groups in total. The first-order valence-electron chi connectivity index (χ1n) is 8.05. The lowest BCUT2D eigenvalue weighted by molar-refractivity contribution is -0.660. The third-order valence-corrected chi connectivity index (χ3v) is 4.76. The number of rotatable bonds is 1. The second-order valence-corrected chi connectivity index (χ2v) is 6.49. The van der Waals surface area contributed by atoms with E-state index in [1.54, 1.807) is 13.0 Å². The van der Waals surface area contributed by atoms with Crippen LogP contribution in [0.1, 0.15) is 16.7 Å². The van der Waals surface area contributed by atoms with Gasteiger partial charge in [-0.25, -0.2) is 8.96 Å². The summed E-state index contributed by atoms with van der Waals surface area (Å²) >= 11 is 0. The van der Waals surface area contributed by atoms with E-state index in [9.17, 15) is 4.39 Å². The second-order valence-electron chi connectivity index (χ2n) is 6.49. The molecule has 0 spiro atoms. The van der Waals surface area contributed by atoms with Gasteiger partial charge in [-0.2, -0.15) is 0 Å². The molecule has 0 bridgehead atoms. The molecule has 0 saturated heterocycles. The maximum absolute atomic E-state index is 13.9. The molecule has 0 aliphatic heterocycles. The lowest BCUT2D eigenvalue weighted by atomic mass is 9.99. The van der Waals surface area contributed by atoms with Crippen LogP contribution in [-0.4, -0.2) is 0 Å². The van der Waals surface area contributed by atoms with E-state index in [2.05, 4.69) is 48.9 Å². The Bertz CT molecular complexity index is 1110. The summed E-state index contributed by atoms with van der Waals surface area (Å²) in [5.41, 5.74) is 6.50. The summed E-state index contributed by atoms with van der Waals surface area (Å²) in [6.45, 7) is 5.92. The van der Waals surface area contributed by atoms with Crippen LogP contribution in [0.15, 0.2) is 47.0 Å². The van der Waals surface area contributed by atoms with Crippen molar-refractivity contribution in [3.63, 3.8) is 0 Å². The Morgan fingerprint density at radius 2 is 1.62 bits per heavy atom. The van der Waals surface area contributed by atoms with Crippen LogP contribution in [0.25, 0.3) is 33.2 Å². The van der Waals surface area contributed by atoms with Crippen LogP contribution in [0.5, 0.6) is 0 Å². The van der Waals surface area contributed by atoms with Gasteiger partial charge in [-0.3, -0.25) is 0 Å². The number of benzene rings is 2. The van der Waals surface area contributed by atoms with Gasteiger partial charge in [0.2, 0.25) is 5.69 Å². The van der Waals surface area contributed by atoms with Crippen molar-refractivity contribution in [1.29, 1.82) is 0 Å². The fraction of sp³-hybridized carbons (Fsp3) is 0.190. The molecular formula is C21H19FNO+. The Balaban J connectivity index is 2.18. The van der Waals surface area contributed by atoms with E-state index in [-0.39, 0.29) is 5.82 Å². The predicted molar refractivity (Wildman–Crippen MR) is 94.5 cm³/mol. The quantitative estimate of drug-likeness (QED) is 0.444. The fourth-order valence-corrected chi connectivity index (χ4v) is 3.35. The summed E-state index contributed by atoms with van der Waals surface area (Å²) in [6.07, 6.45) is 2.05. The van der Waals surface area contributed by atoms with Gasteiger partial charge in [0.05, 0.1) is 5.56 Å². The normalized spacial score (nSPS) is 11.5. The SMILES string of the molecule is Cc1cc[n+](C)c(-c2c(C)ccc3c2oc2c(C)c(F)ccc23)c1. The van der Waals surface area contributed by atoms with Gasteiger partial charge < -0.3 is 4.42 Å². The number of fused-ring (bicyclic) bond motifs is 3. The Hall–Kier alpha value is -2.68. The third kappa shape index (κ3) is 2.04. The smallest absolute Gasteiger partial charge is 0.216 e. The number of aromatic nitrogens is 1. The Morgan fingerprint density at radius 3 is 2.42 bits per heavy atom. The summed E-state index contributed by atoms with van der Waals surface area (Å²) < 4.78 is 22.2. The molecule has 4 aromatic rings. The molecule has 0 aliphatic carbocycles. The molecule has 3 heteroatoms. The van der Waals surface area contributed by atoms with Crippen LogP contribution < -0.4 is 4.57 Å². The van der Waals surface area contributed by atoms with Gasteiger partial charge in [0, 0.05) is 28.5 Å². The summed E-state index contributed by atoms with van der Waals surface area (Å²) in [5.74, 6) is -0.235. The summed E-state index contributed by atoms with van der Waals surface area (Å²) in [4.78, 5) is 0. The second kappa shape index (κ2) is 5.17. The van der Waals surface area contributed by atoms with Gasteiger partial charge in [0.1, 0.15) is 24.0 Å². The van der Waals surface area contributed by atoms with Gasteiger partial charge in [0.15, 0.2) is 6.20 Å². The number of pyridine rings is 1. The van der Waals surface area contributed by atoms with Crippen molar-refractivity contribution in [3.05, 3.63) is 65.1 Å². The van der Waals surface area contributed by atoms with E-state index in [1.807, 2.05) is 7.05 Å². The zero-order valence-electron chi connectivity index (χ0n) is 14.3. The molecule has 120 valence electrons. The molecular weight excluding hydrogens is 301 g/mol. The molecule has 0 aliphatic rings. The van der Waals surface area contributed by atoms with Crippen molar-refractivity contribution in [2.45, 2.75) is 20.8 Å². The van der Waals surface area contributed by atoms with Gasteiger partial charge in [-0.1, -0.05) is 12.1 Å². The van der Waals surface area contributed by atoms with Gasteiger partial charge in [-0.05, 0) is 44.0 Å². The van der Waals surface area contributed by atoms with Crippen LogP contribution in [0, 0.1) is 26.6 Å². The first-order chi connectivity index (χ1) is 11.5. The summed E-state index contributed by atoms with van der Waals surface area (Å²) in [5, 5.41) is 1.98. The third-order valence-electron chi connectivity index (χ3n) is 4.76. The topological polar surface area (TPSA) is 17.0 Å². The maximum Gasteiger partial charge on any atom is 0.216 e. The highest BCUT2D eigenvalue weighted by Crippen LogP contribution is 2.38. The Morgan fingerprint density at radius 1 is 0.917 bits per heavy atom. The first-order valence-corrected chi connectivity index (χ1v) is 8.05. The van der Waals surface area contributed by atoms with Gasteiger partial charge >= 0.3 is 0 Å². The van der Waals surface area contributed by atoms with E-state index in [1.165, 1.54) is 11.6 Å². The zero-order chi connectivity index (χ0) is 17.0. The van der Waals surface area contributed by atoms with Crippen molar-refractivity contribution in [2.75, 3.05) is 0 Å². The number of hydrogen-bond acceptors (Lipinski definition) is 1. The molecule has 2 aromatic carbocycles. The first kappa shape index (κ1) is 14.9. The Labute approximate surface area is 140 Å². The molecule has 4 rings (SSSR count). The van der Waals surface area contributed by atoms with Crippen molar-refractivity contribution in [1.82, 2.24) is 0 Å². The Kier molecular flexibility index (Phi) is 3.20. The molecule has 2 heterocycles. The molecule has 2 nitrogen and oxygen atoms in total. The molecule has 0 fully saturated rings. The molecule has 24 heavy (non-hydrogen) atoms. The number of nitrogens with zero attached hydrogens (tertiary/aromatic N) is 1. The predicted octanol–water partition coefficient (Wildman–Crippen LogP) is 5.14. The molecule has 0 atom stereocenters. The average molecular weight is 320 g/mol. The highest BCUT2D eigenvalue weighted by atomic mass is 19.1. The van der Waals surface area contributed by atoms with Crippen molar-refractivity contribution in [2.24, 2.45) is 7.05 Å². The van der Waals surface area contributed by atoms with Crippen LogP contribution >= 0.6 is 0 Å². The lowest BCUT2D eigenvalue weighted by Crippen LogP contribution is -2.30. The van der Waals surface area contributed by atoms with Crippen LogP contribution in [0.3, 0.4) is 0 Å². The van der Waals surface area contributed by atoms with Crippen LogP contribution in [-0.2, 0) is 7.05 Å². The van der Waals surface area contributed by atoms with E-state index in [4.69, 9.17) is 4.42 Å². The number of hydrogen-bond donors (Lipinski definition) is 0. The molecule has 0 radical (unpaired) electrons. The van der Waals surface area contributed by atoms with Crippen LogP contribution in [0.4, 0.5) is 4.39 Å².